The molecule has 0 bridgehead atoms. The molecule has 6 nitrogen and oxygen atoms in total. The Balaban J connectivity index is 1.64. The SMILES string of the molecule is CC(C)NC(=O)c1ccc(Sc2ccc(NS(=O)(=O)c3ccc(Cl)s3)cc2)nc1. The molecule has 0 saturated heterocycles. The minimum absolute atomic E-state index is 0.0595. The molecular weight excluding hydrogens is 450 g/mol. The topological polar surface area (TPSA) is 88.2 Å². The average molecular weight is 468 g/mol. The lowest BCUT2D eigenvalue weighted by Gasteiger charge is -2.09. The van der Waals surface area contributed by atoms with Crippen LogP contribution in [0.1, 0.15) is 24.2 Å². The van der Waals surface area contributed by atoms with Crippen molar-refractivity contribution in [2.75, 3.05) is 4.72 Å². The highest BCUT2D eigenvalue weighted by molar-refractivity contribution is 7.99. The third-order valence-corrected chi connectivity index (χ3v) is 7.62. The van der Waals surface area contributed by atoms with Gasteiger partial charge in [0, 0.05) is 22.8 Å². The normalized spacial score (nSPS) is 11.4. The van der Waals surface area contributed by atoms with Gasteiger partial charge in [0.15, 0.2) is 0 Å². The highest BCUT2D eigenvalue weighted by Crippen LogP contribution is 2.29. The number of hydrogen-bond acceptors (Lipinski definition) is 6. The Hall–Kier alpha value is -2.07. The van der Waals surface area contributed by atoms with Gasteiger partial charge in [-0.2, -0.15) is 0 Å². The molecule has 0 spiro atoms. The fourth-order valence-corrected chi connectivity index (χ4v) is 5.58. The van der Waals surface area contributed by atoms with Crippen LogP contribution in [0.4, 0.5) is 5.69 Å². The summed E-state index contributed by atoms with van der Waals surface area (Å²) in [7, 11) is -3.66. The maximum atomic E-state index is 12.3. The fraction of sp³-hybridized carbons (Fsp3) is 0.158. The lowest BCUT2D eigenvalue weighted by molar-refractivity contribution is 0.0942. The fourth-order valence-electron chi connectivity index (χ4n) is 2.28. The highest BCUT2D eigenvalue weighted by atomic mass is 35.5. The quantitative estimate of drug-likeness (QED) is 0.516. The zero-order valence-electron chi connectivity index (χ0n) is 15.5. The first-order valence-electron chi connectivity index (χ1n) is 8.56. The van der Waals surface area contributed by atoms with Crippen molar-refractivity contribution in [1.29, 1.82) is 0 Å². The third-order valence-electron chi connectivity index (χ3n) is 3.56. The standard InChI is InChI=1S/C19H18ClN3O3S3/c1-12(2)22-19(24)13-3-9-17(21-11-13)27-15-6-4-14(5-7-15)23-29(25,26)18-10-8-16(20)28-18/h3-12,23H,1-2H3,(H,22,24). The van der Waals surface area contributed by atoms with E-state index in [1.54, 1.807) is 42.5 Å². The number of halogens is 1. The van der Waals surface area contributed by atoms with Gasteiger partial charge in [-0.1, -0.05) is 23.4 Å². The number of carbonyl (C=O) groups excluding carboxylic acids is 1. The summed E-state index contributed by atoms with van der Waals surface area (Å²) < 4.78 is 27.8. The summed E-state index contributed by atoms with van der Waals surface area (Å²) in [4.78, 5) is 17.2. The largest absolute Gasteiger partial charge is 0.350 e. The number of amides is 1. The van der Waals surface area contributed by atoms with Crippen molar-refractivity contribution < 1.29 is 13.2 Å². The first kappa shape index (κ1) is 21.6. The molecule has 29 heavy (non-hydrogen) atoms. The van der Waals surface area contributed by atoms with Gasteiger partial charge in [-0.05, 0) is 62.4 Å². The van der Waals surface area contributed by atoms with Crippen LogP contribution < -0.4 is 10.0 Å². The minimum atomic E-state index is -3.66. The average Bonchev–Trinajstić information content (AvgIpc) is 3.11. The molecule has 0 fully saturated rings. The van der Waals surface area contributed by atoms with Crippen molar-refractivity contribution in [3.8, 4) is 0 Å². The van der Waals surface area contributed by atoms with E-state index in [1.807, 2.05) is 13.8 Å². The summed E-state index contributed by atoms with van der Waals surface area (Å²) >= 11 is 8.22. The van der Waals surface area contributed by atoms with Crippen molar-refractivity contribution in [3.63, 3.8) is 0 Å². The van der Waals surface area contributed by atoms with Gasteiger partial charge in [0.25, 0.3) is 15.9 Å². The van der Waals surface area contributed by atoms with Gasteiger partial charge in [0.2, 0.25) is 0 Å². The van der Waals surface area contributed by atoms with E-state index >= 15 is 0 Å². The van der Waals surface area contributed by atoms with Crippen LogP contribution in [-0.2, 0) is 10.0 Å². The summed E-state index contributed by atoms with van der Waals surface area (Å²) in [5.41, 5.74) is 0.953. The van der Waals surface area contributed by atoms with Gasteiger partial charge in [0.1, 0.15) is 9.24 Å². The second kappa shape index (κ2) is 9.17. The summed E-state index contributed by atoms with van der Waals surface area (Å²) in [5, 5.41) is 3.55. The molecule has 2 aromatic heterocycles. The Morgan fingerprint density at radius 3 is 2.38 bits per heavy atom. The molecular formula is C19H18ClN3O3S3. The van der Waals surface area contributed by atoms with Gasteiger partial charge in [0.05, 0.1) is 9.90 Å². The molecule has 152 valence electrons. The number of thiophene rings is 1. The summed E-state index contributed by atoms with van der Waals surface area (Å²) in [5.74, 6) is -0.160. The number of rotatable bonds is 7. The summed E-state index contributed by atoms with van der Waals surface area (Å²) in [6, 6.07) is 13.5. The molecule has 10 heteroatoms. The number of carbonyl (C=O) groups is 1. The van der Waals surface area contributed by atoms with E-state index in [0.29, 0.717) is 15.6 Å². The lowest BCUT2D eigenvalue weighted by Crippen LogP contribution is -2.30. The third kappa shape index (κ3) is 5.96. The number of hydrogen-bond donors (Lipinski definition) is 2. The second-order valence-electron chi connectivity index (χ2n) is 6.30. The number of sulfonamides is 1. The highest BCUT2D eigenvalue weighted by Gasteiger charge is 2.16. The summed E-state index contributed by atoms with van der Waals surface area (Å²) in [6.45, 7) is 3.80. The maximum Gasteiger partial charge on any atom is 0.271 e. The number of nitrogens with one attached hydrogen (secondary N) is 2. The predicted molar refractivity (Wildman–Crippen MR) is 118 cm³/mol. The number of benzene rings is 1. The molecule has 2 N–H and O–H groups in total. The van der Waals surface area contributed by atoms with Crippen LogP contribution in [0.2, 0.25) is 4.34 Å². The van der Waals surface area contributed by atoms with E-state index < -0.39 is 10.0 Å². The van der Waals surface area contributed by atoms with Crippen LogP contribution in [0.5, 0.6) is 0 Å². The van der Waals surface area contributed by atoms with Gasteiger partial charge in [-0.25, -0.2) is 13.4 Å². The van der Waals surface area contributed by atoms with E-state index in [4.69, 9.17) is 11.6 Å². The molecule has 0 atom stereocenters. The smallest absolute Gasteiger partial charge is 0.271 e. The van der Waals surface area contributed by atoms with Gasteiger partial charge < -0.3 is 5.32 Å². The molecule has 2 heterocycles. The molecule has 0 saturated carbocycles. The molecule has 3 rings (SSSR count). The van der Waals surface area contributed by atoms with E-state index in [9.17, 15) is 13.2 Å². The number of nitrogens with zero attached hydrogens (tertiary/aromatic N) is 1. The Labute approximate surface area is 182 Å². The van der Waals surface area contributed by atoms with Gasteiger partial charge in [-0.3, -0.25) is 9.52 Å². The molecule has 0 unspecified atom stereocenters. The van der Waals surface area contributed by atoms with E-state index in [0.717, 1.165) is 21.3 Å². The van der Waals surface area contributed by atoms with E-state index in [1.165, 1.54) is 24.0 Å². The van der Waals surface area contributed by atoms with E-state index in [-0.39, 0.29) is 16.2 Å². The zero-order valence-corrected chi connectivity index (χ0v) is 18.8. The Kier molecular flexibility index (Phi) is 6.84. The number of anilines is 1. The van der Waals surface area contributed by atoms with E-state index in [2.05, 4.69) is 15.0 Å². The number of pyridine rings is 1. The van der Waals surface area contributed by atoms with Crippen LogP contribution in [0.25, 0.3) is 0 Å². The molecule has 3 aromatic rings. The van der Waals surface area contributed by atoms with Crippen molar-refractivity contribution in [3.05, 3.63) is 64.6 Å². The van der Waals surface area contributed by atoms with Crippen LogP contribution in [0.15, 0.2) is 68.9 Å². The predicted octanol–water partition coefficient (Wildman–Crippen LogP) is 4.89. The van der Waals surface area contributed by atoms with Crippen molar-refractivity contribution in [1.82, 2.24) is 10.3 Å². The Morgan fingerprint density at radius 2 is 1.83 bits per heavy atom. The second-order valence-corrected chi connectivity index (χ2v) is 11.0. The monoisotopic (exact) mass is 467 g/mol. The maximum absolute atomic E-state index is 12.3. The van der Waals surface area contributed by atoms with Crippen LogP contribution in [0, 0.1) is 0 Å². The zero-order chi connectivity index (χ0) is 21.0. The minimum Gasteiger partial charge on any atom is -0.350 e. The van der Waals surface area contributed by atoms with Crippen molar-refractivity contribution in [2.24, 2.45) is 0 Å². The Bertz CT molecular complexity index is 1100. The van der Waals surface area contributed by atoms with Gasteiger partial charge in [-0.15, -0.1) is 11.3 Å². The van der Waals surface area contributed by atoms with Crippen molar-refractivity contribution >= 4 is 56.3 Å². The van der Waals surface area contributed by atoms with Crippen LogP contribution in [0.3, 0.4) is 0 Å². The molecule has 0 aliphatic heterocycles. The Morgan fingerprint density at radius 1 is 1.10 bits per heavy atom. The molecule has 0 aliphatic rings. The molecule has 1 amide bonds. The first-order valence-corrected chi connectivity index (χ1v) is 12.1. The van der Waals surface area contributed by atoms with Crippen LogP contribution in [-0.4, -0.2) is 25.4 Å². The molecule has 1 aromatic carbocycles. The number of aromatic nitrogens is 1. The van der Waals surface area contributed by atoms with Gasteiger partial charge >= 0.3 is 0 Å². The molecule has 0 aliphatic carbocycles. The lowest BCUT2D eigenvalue weighted by atomic mass is 10.2. The van der Waals surface area contributed by atoms with Crippen LogP contribution >= 0.6 is 34.7 Å². The summed E-state index contributed by atoms with van der Waals surface area (Å²) in [6.07, 6.45) is 1.54. The first-order chi connectivity index (χ1) is 13.7. The van der Waals surface area contributed by atoms with Crippen molar-refractivity contribution in [2.45, 2.75) is 34.0 Å². The molecule has 0 radical (unpaired) electrons.